The Morgan fingerprint density at radius 2 is 2.21 bits per heavy atom. The lowest BCUT2D eigenvalue weighted by atomic mass is 10.1. The minimum Gasteiger partial charge on any atom is -0.469 e. The predicted octanol–water partition coefficient (Wildman–Crippen LogP) is 2.19. The second kappa shape index (κ2) is 6.26. The third kappa shape index (κ3) is 3.49. The van der Waals surface area contributed by atoms with E-state index in [1.165, 1.54) is 0 Å². The van der Waals surface area contributed by atoms with Gasteiger partial charge >= 0.3 is 0 Å². The molecule has 0 spiro atoms. The van der Waals surface area contributed by atoms with Crippen LogP contribution in [0.2, 0.25) is 5.02 Å². The molecule has 1 aromatic heterocycles. The van der Waals surface area contributed by atoms with Crippen LogP contribution < -0.4 is 16.6 Å². The number of hydrogen-bond acceptors (Lipinski definition) is 4. The molecular formula is C13H14ClN3O2. The number of anilines is 1. The Hall–Kier alpha value is -1.98. The first kappa shape index (κ1) is 13.5. The van der Waals surface area contributed by atoms with Crippen molar-refractivity contribution in [2.45, 2.75) is 6.42 Å². The number of carbonyl (C=O) groups excluding carboxylic acids is 1. The topological polar surface area (TPSA) is 80.3 Å². The van der Waals surface area contributed by atoms with Crippen molar-refractivity contribution in [2.75, 3.05) is 12.0 Å². The molecule has 0 radical (unpaired) electrons. The normalized spacial score (nSPS) is 10.2. The summed E-state index contributed by atoms with van der Waals surface area (Å²) in [5.74, 6) is 5.94. The van der Waals surface area contributed by atoms with Gasteiger partial charge in [-0.05, 0) is 30.3 Å². The summed E-state index contributed by atoms with van der Waals surface area (Å²) < 4.78 is 5.18. The fourth-order valence-corrected chi connectivity index (χ4v) is 1.85. The molecule has 0 unspecified atom stereocenters. The molecule has 0 aliphatic carbocycles. The maximum atomic E-state index is 12.0. The third-order valence-corrected chi connectivity index (χ3v) is 2.85. The number of furan rings is 1. The molecule has 0 saturated heterocycles. The molecule has 100 valence electrons. The van der Waals surface area contributed by atoms with Crippen LogP contribution in [0.5, 0.6) is 0 Å². The van der Waals surface area contributed by atoms with Gasteiger partial charge in [-0.3, -0.25) is 10.6 Å². The number of nitrogen functional groups attached to an aromatic ring is 1. The van der Waals surface area contributed by atoms with Crippen LogP contribution in [0.15, 0.2) is 41.0 Å². The van der Waals surface area contributed by atoms with Crippen LogP contribution in [0.4, 0.5) is 5.69 Å². The van der Waals surface area contributed by atoms with E-state index in [4.69, 9.17) is 21.9 Å². The first-order valence-corrected chi connectivity index (χ1v) is 6.15. The standard InChI is InChI=1S/C13H14ClN3O2/c14-9-3-4-12(17-15)11(8-9)13(18)16-6-5-10-2-1-7-19-10/h1-4,7-8,17H,5-6,15H2,(H,16,18). The van der Waals surface area contributed by atoms with Gasteiger partial charge in [0.15, 0.2) is 0 Å². The zero-order chi connectivity index (χ0) is 13.7. The van der Waals surface area contributed by atoms with Crippen molar-refractivity contribution in [3.8, 4) is 0 Å². The minimum absolute atomic E-state index is 0.234. The highest BCUT2D eigenvalue weighted by molar-refractivity contribution is 6.31. The average molecular weight is 280 g/mol. The third-order valence-electron chi connectivity index (χ3n) is 2.62. The molecule has 0 fully saturated rings. The summed E-state index contributed by atoms with van der Waals surface area (Å²) >= 11 is 5.87. The Morgan fingerprint density at radius 1 is 1.37 bits per heavy atom. The van der Waals surface area contributed by atoms with E-state index >= 15 is 0 Å². The van der Waals surface area contributed by atoms with Gasteiger partial charge in [0.2, 0.25) is 0 Å². The number of rotatable bonds is 5. The molecule has 0 aliphatic heterocycles. The minimum atomic E-state index is -0.234. The zero-order valence-electron chi connectivity index (χ0n) is 10.2. The van der Waals surface area contributed by atoms with Crippen LogP contribution in [0, 0.1) is 0 Å². The number of halogens is 1. The molecular weight excluding hydrogens is 266 g/mol. The molecule has 4 N–H and O–H groups in total. The summed E-state index contributed by atoms with van der Waals surface area (Å²) in [7, 11) is 0. The zero-order valence-corrected chi connectivity index (χ0v) is 10.9. The Balaban J connectivity index is 1.97. The van der Waals surface area contributed by atoms with E-state index < -0.39 is 0 Å². The number of nitrogens with two attached hydrogens (primary N) is 1. The Kier molecular flexibility index (Phi) is 4.43. The van der Waals surface area contributed by atoms with Gasteiger partial charge in [-0.2, -0.15) is 0 Å². The fraction of sp³-hybridized carbons (Fsp3) is 0.154. The molecule has 1 amide bonds. The second-order valence-corrected chi connectivity index (χ2v) is 4.36. The van der Waals surface area contributed by atoms with Crippen LogP contribution in [0.1, 0.15) is 16.1 Å². The van der Waals surface area contributed by atoms with Gasteiger partial charge in [-0.15, -0.1) is 0 Å². The highest BCUT2D eigenvalue weighted by Crippen LogP contribution is 2.19. The predicted molar refractivity (Wildman–Crippen MR) is 74.0 cm³/mol. The summed E-state index contributed by atoms with van der Waals surface area (Å²) in [5.41, 5.74) is 3.41. The molecule has 5 nitrogen and oxygen atoms in total. The number of hydrazine groups is 1. The van der Waals surface area contributed by atoms with Crippen molar-refractivity contribution in [3.63, 3.8) is 0 Å². The Morgan fingerprint density at radius 3 is 2.89 bits per heavy atom. The van der Waals surface area contributed by atoms with Gasteiger partial charge < -0.3 is 15.2 Å². The summed E-state index contributed by atoms with van der Waals surface area (Å²) in [4.78, 5) is 12.0. The van der Waals surface area contributed by atoms with Crippen LogP contribution in [-0.2, 0) is 6.42 Å². The number of nitrogens with one attached hydrogen (secondary N) is 2. The first-order chi connectivity index (χ1) is 9.20. The maximum Gasteiger partial charge on any atom is 0.253 e. The van der Waals surface area contributed by atoms with Crippen LogP contribution in [-0.4, -0.2) is 12.5 Å². The number of benzene rings is 1. The van der Waals surface area contributed by atoms with Crippen molar-refractivity contribution < 1.29 is 9.21 Å². The molecule has 0 aliphatic rings. The molecule has 0 saturated carbocycles. The molecule has 2 aromatic rings. The lowest BCUT2D eigenvalue weighted by molar-refractivity contribution is 0.0954. The monoisotopic (exact) mass is 279 g/mol. The van der Waals surface area contributed by atoms with Crippen LogP contribution in [0.3, 0.4) is 0 Å². The largest absolute Gasteiger partial charge is 0.469 e. The molecule has 1 heterocycles. The Labute approximate surface area is 115 Å². The van der Waals surface area contributed by atoms with Gasteiger partial charge in [-0.25, -0.2) is 0 Å². The summed E-state index contributed by atoms with van der Waals surface area (Å²) in [6, 6.07) is 8.56. The van der Waals surface area contributed by atoms with Crippen molar-refractivity contribution in [3.05, 3.63) is 52.9 Å². The second-order valence-electron chi connectivity index (χ2n) is 3.92. The first-order valence-electron chi connectivity index (χ1n) is 5.77. The summed E-state index contributed by atoms with van der Waals surface area (Å²) in [6.45, 7) is 0.475. The van der Waals surface area contributed by atoms with Gasteiger partial charge in [0, 0.05) is 18.0 Å². The van der Waals surface area contributed by atoms with Gasteiger partial charge in [0.1, 0.15) is 5.76 Å². The van der Waals surface area contributed by atoms with Crippen molar-refractivity contribution in [2.24, 2.45) is 5.84 Å². The number of amides is 1. The van der Waals surface area contributed by atoms with E-state index in [2.05, 4.69) is 10.7 Å². The lowest BCUT2D eigenvalue weighted by Crippen LogP contribution is -2.27. The van der Waals surface area contributed by atoms with Crippen molar-refractivity contribution >= 4 is 23.2 Å². The van der Waals surface area contributed by atoms with Gasteiger partial charge in [-0.1, -0.05) is 11.6 Å². The highest BCUT2D eigenvalue weighted by atomic mass is 35.5. The highest BCUT2D eigenvalue weighted by Gasteiger charge is 2.11. The maximum absolute atomic E-state index is 12.0. The SMILES string of the molecule is NNc1ccc(Cl)cc1C(=O)NCCc1ccco1. The van der Waals surface area contributed by atoms with E-state index in [-0.39, 0.29) is 5.91 Å². The molecule has 1 aromatic carbocycles. The van der Waals surface area contributed by atoms with Crippen molar-refractivity contribution in [1.82, 2.24) is 5.32 Å². The molecule has 2 rings (SSSR count). The van der Waals surface area contributed by atoms with Gasteiger partial charge in [0.05, 0.1) is 17.5 Å². The van der Waals surface area contributed by atoms with Crippen LogP contribution in [0.25, 0.3) is 0 Å². The fourth-order valence-electron chi connectivity index (χ4n) is 1.68. The van der Waals surface area contributed by atoms with Crippen molar-refractivity contribution in [1.29, 1.82) is 0 Å². The smallest absolute Gasteiger partial charge is 0.253 e. The van der Waals surface area contributed by atoms with E-state index in [0.717, 1.165) is 5.76 Å². The number of hydrogen-bond donors (Lipinski definition) is 3. The van der Waals surface area contributed by atoms with E-state index in [1.807, 2.05) is 12.1 Å². The summed E-state index contributed by atoms with van der Waals surface area (Å²) in [5, 5.41) is 3.27. The van der Waals surface area contributed by atoms with Crippen LogP contribution >= 0.6 is 11.6 Å². The van der Waals surface area contributed by atoms with Gasteiger partial charge in [0.25, 0.3) is 5.91 Å². The molecule has 0 atom stereocenters. The van der Waals surface area contributed by atoms with E-state index in [0.29, 0.717) is 29.2 Å². The summed E-state index contributed by atoms with van der Waals surface area (Å²) in [6.07, 6.45) is 2.23. The quantitative estimate of drug-likeness (QED) is 0.579. The molecule has 19 heavy (non-hydrogen) atoms. The number of carbonyl (C=O) groups is 1. The van der Waals surface area contributed by atoms with E-state index in [1.54, 1.807) is 24.5 Å². The van der Waals surface area contributed by atoms with E-state index in [9.17, 15) is 4.79 Å². The lowest BCUT2D eigenvalue weighted by Gasteiger charge is -2.09. The molecule has 6 heteroatoms. The average Bonchev–Trinajstić information content (AvgIpc) is 2.91. The molecule has 0 bridgehead atoms. The Bertz CT molecular complexity index is 555.